The highest BCUT2D eigenvalue weighted by Crippen LogP contribution is 2.30. The molecule has 1 fully saturated rings. The van der Waals surface area contributed by atoms with Crippen LogP contribution in [0.25, 0.3) is 0 Å². The number of rotatable bonds is 7. The monoisotopic (exact) mass is 253 g/mol. The van der Waals surface area contributed by atoms with Crippen molar-refractivity contribution in [3.05, 3.63) is 0 Å². The number of nitriles is 1. The normalized spacial score (nSPS) is 28.3. The van der Waals surface area contributed by atoms with E-state index >= 15 is 0 Å². The molecular weight excluding hydrogens is 226 g/mol. The van der Waals surface area contributed by atoms with Crippen LogP contribution in [0.3, 0.4) is 0 Å². The van der Waals surface area contributed by atoms with Crippen LogP contribution in [-0.2, 0) is 4.74 Å². The Morgan fingerprint density at radius 1 is 1.50 bits per heavy atom. The Kier molecular flexibility index (Phi) is 6.62. The van der Waals surface area contributed by atoms with Crippen LogP contribution < -0.4 is 5.32 Å². The van der Waals surface area contributed by atoms with Gasteiger partial charge in [0.1, 0.15) is 5.54 Å². The van der Waals surface area contributed by atoms with Gasteiger partial charge in [0.2, 0.25) is 0 Å². The maximum absolute atomic E-state index is 9.37. The summed E-state index contributed by atoms with van der Waals surface area (Å²) in [6, 6.07) is 2.98. The van der Waals surface area contributed by atoms with Crippen molar-refractivity contribution in [2.45, 2.75) is 51.1 Å². The van der Waals surface area contributed by atoms with Crippen molar-refractivity contribution in [2.75, 3.05) is 33.4 Å². The third-order valence-electron chi connectivity index (χ3n) is 4.07. The fourth-order valence-corrected chi connectivity index (χ4v) is 2.87. The van der Waals surface area contributed by atoms with Gasteiger partial charge < -0.3 is 10.1 Å². The van der Waals surface area contributed by atoms with Gasteiger partial charge in [-0.2, -0.15) is 5.26 Å². The lowest BCUT2D eigenvalue weighted by molar-refractivity contribution is 0.0739. The number of likely N-dealkylation sites (N-methyl/N-ethyl adjacent to an activating group) is 1. The average Bonchev–Trinajstić information content (AvgIpc) is 2.43. The van der Waals surface area contributed by atoms with Gasteiger partial charge in [-0.3, -0.25) is 4.90 Å². The van der Waals surface area contributed by atoms with Gasteiger partial charge in [-0.1, -0.05) is 6.92 Å². The maximum atomic E-state index is 9.37. The van der Waals surface area contributed by atoms with Gasteiger partial charge in [-0.25, -0.2) is 0 Å². The number of ether oxygens (including phenoxy) is 1. The van der Waals surface area contributed by atoms with Crippen LogP contribution in [0.15, 0.2) is 0 Å². The Balaban J connectivity index is 2.55. The van der Waals surface area contributed by atoms with E-state index in [2.05, 4.69) is 23.2 Å². The van der Waals surface area contributed by atoms with Gasteiger partial charge in [0.25, 0.3) is 0 Å². The molecule has 104 valence electrons. The van der Waals surface area contributed by atoms with E-state index in [0.29, 0.717) is 6.04 Å². The molecule has 2 unspecified atom stereocenters. The van der Waals surface area contributed by atoms with Gasteiger partial charge in [0.05, 0.1) is 12.7 Å². The first-order chi connectivity index (χ1) is 8.71. The molecule has 0 aromatic heterocycles. The quantitative estimate of drug-likeness (QED) is 0.703. The van der Waals surface area contributed by atoms with E-state index in [9.17, 15) is 5.26 Å². The van der Waals surface area contributed by atoms with Gasteiger partial charge in [0.15, 0.2) is 0 Å². The summed E-state index contributed by atoms with van der Waals surface area (Å²) >= 11 is 0. The van der Waals surface area contributed by atoms with Gasteiger partial charge in [0, 0.05) is 19.2 Å². The summed E-state index contributed by atoms with van der Waals surface area (Å²) in [5, 5.41) is 12.6. The first-order valence-electron chi connectivity index (χ1n) is 7.13. The summed E-state index contributed by atoms with van der Waals surface area (Å²) in [7, 11) is 1.90. The van der Waals surface area contributed by atoms with Crippen LogP contribution in [0.4, 0.5) is 0 Å². The summed E-state index contributed by atoms with van der Waals surface area (Å²) in [5.41, 5.74) is -0.318. The van der Waals surface area contributed by atoms with E-state index in [1.807, 2.05) is 14.0 Å². The van der Waals surface area contributed by atoms with E-state index in [1.54, 1.807) is 0 Å². The largest absolute Gasteiger partial charge is 0.380 e. The molecule has 0 bridgehead atoms. The molecule has 1 N–H and O–H groups in total. The minimum absolute atomic E-state index is 0.318. The van der Waals surface area contributed by atoms with Crippen LogP contribution in [-0.4, -0.2) is 49.8 Å². The maximum Gasteiger partial charge on any atom is 0.108 e. The van der Waals surface area contributed by atoms with Crippen molar-refractivity contribution in [1.29, 1.82) is 5.26 Å². The third-order valence-corrected chi connectivity index (χ3v) is 4.07. The molecule has 0 spiro atoms. The second kappa shape index (κ2) is 7.73. The number of hydrogen-bond donors (Lipinski definition) is 1. The molecule has 1 aliphatic carbocycles. The number of hydrogen-bond acceptors (Lipinski definition) is 4. The molecule has 0 amide bonds. The summed E-state index contributed by atoms with van der Waals surface area (Å²) in [6.07, 6.45) is 4.23. The third kappa shape index (κ3) is 3.94. The first-order valence-corrected chi connectivity index (χ1v) is 7.13. The molecule has 0 saturated heterocycles. The van der Waals surface area contributed by atoms with Crippen molar-refractivity contribution >= 4 is 0 Å². The van der Waals surface area contributed by atoms with Crippen molar-refractivity contribution < 1.29 is 4.74 Å². The Morgan fingerprint density at radius 2 is 2.28 bits per heavy atom. The number of nitrogens with one attached hydrogen (secondary N) is 1. The Bertz CT molecular complexity index is 277. The van der Waals surface area contributed by atoms with Crippen LogP contribution >= 0.6 is 0 Å². The SMILES string of the molecule is CCOCCN(CC)C1CCCC(C#N)(NC)C1. The van der Waals surface area contributed by atoms with E-state index in [-0.39, 0.29) is 5.54 Å². The van der Waals surface area contributed by atoms with Gasteiger partial charge >= 0.3 is 0 Å². The highest BCUT2D eigenvalue weighted by molar-refractivity contribution is 5.10. The molecule has 0 radical (unpaired) electrons. The van der Waals surface area contributed by atoms with Crippen LogP contribution in [0.2, 0.25) is 0 Å². The zero-order valence-electron chi connectivity index (χ0n) is 12.0. The summed E-state index contributed by atoms with van der Waals surface area (Å²) < 4.78 is 5.44. The van der Waals surface area contributed by atoms with Gasteiger partial charge in [-0.05, 0) is 46.2 Å². The van der Waals surface area contributed by atoms with Crippen molar-refractivity contribution in [1.82, 2.24) is 10.2 Å². The average molecular weight is 253 g/mol. The Labute approximate surface area is 111 Å². The number of nitrogens with zero attached hydrogens (tertiary/aromatic N) is 2. The molecule has 1 rings (SSSR count). The van der Waals surface area contributed by atoms with Crippen LogP contribution in [0.5, 0.6) is 0 Å². The molecule has 0 heterocycles. The van der Waals surface area contributed by atoms with E-state index in [1.165, 1.54) is 6.42 Å². The topological polar surface area (TPSA) is 48.3 Å². The van der Waals surface area contributed by atoms with Crippen LogP contribution in [0, 0.1) is 11.3 Å². The highest BCUT2D eigenvalue weighted by Gasteiger charge is 2.36. The Hall–Kier alpha value is -0.630. The van der Waals surface area contributed by atoms with E-state index in [0.717, 1.165) is 45.6 Å². The summed E-state index contributed by atoms with van der Waals surface area (Å²) in [5.74, 6) is 0. The fraction of sp³-hybridized carbons (Fsp3) is 0.929. The molecular formula is C14H27N3O. The summed E-state index contributed by atoms with van der Waals surface area (Å²) in [4.78, 5) is 2.46. The lowest BCUT2D eigenvalue weighted by Gasteiger charge is -2.40. The molecule has 1 saturated carbocycles. The van der Waals surface area contributed by atoms with Crippen molar-refractivity contribution in [3.8, 4) is 6.07 Å². The minimum atomic E-state index is -0.318. The highest BCUT2D eigenvalue weighted by atomic mass is 16.5. The van der Waals surface area contributed by atoms with Crippen LogP contribution in [0.1, 0.15) is 39.5 Å². The zero-order chi connectivity index (χ0) is 13.4. The first kappa shape index (κ1) is 15.4. The predicted octanol–water partition coefficient (Wildman–Crippen LogP) is 1.77. The molecule has 1 aliphatic rings. The molecule has 18 heavy (non-hydrogen) atoms. The van der Waals surface area contributed by atoms with Gasteiger partial charge in [-0.15, -0.1) is 0 Å². The summed E-state index contributed by atoms with van der Waals surface area (Å²) in [6.45, 7) is 7.79. The second-order valence-electron chi connectivity index (χ2n) is 5.02. The molecule has 0 aromatic rings. The Morgan fingerprint density at radius 3 is 2.83 bits per heavy atom. The van der Waals surface area contributed by atoms with Crippen molar-refractivity contribution in [3.63, 3.8) is 0 Å². The standard InChI is InChI=1S/C14H27N3O/c1-4-17(9-10-18-5-2)13-7-6-8-14(11-13,12-15)16-3/h13,16H,4-11H2,1-3H3. The smallest absolute Gasteiger partial charge is 0.108 e. The lowest BCUT2D eigenvalue weighted by Crippen LogP contribution is -2.52. The van der Waals surface area contributed by atoms with Crippen molar-refractivity contribution in [2.24, 2.45) is 0 Å². The molecule has 0 aromatic carbocycles. The lowest BCUT2D eigenvalue weighted by atomic mass is 9.79. The van der Waals surface area contributed by atoms with E-state index in [4.69, 9.17) is 4.74 Å². The molecule has 2 atom stereocenters. The predicted molar refractivity (Wildman–Crippen MR) is 73.4 cm³/mol. The van der Waals surface area contributed by atoms with E-state index < -0.39 is 0 Å². The molecule has 0 aliphatic heterocycles. The molecule has 4 nitrogen and oxygen atoms in total. The second-order valence-corrected chi connectivity index (χ2v) is 5.02. The zero-order valence-corrected chi connectivity index (χ0v) is 12.0. The minimum Gasteiger partial charge on any atom is -0.380 e. The fourth-order valence-electron chi connectivity index (χ4n) is 2.87. The molecule has 4 heteroatoms.